The van der Waals surface area contributed by atoms with Gasteiger partial charge < -0.3 is 10.2 Å². The van der Waals surface area contributed by atoms with Crippen LogP contribution >= 0.6 is 0 Å². The summed E-state index contributed by atoms with van der Waals surface area (Å²) < 4.78 is 0. The SMILES string of the molecule is CCCCC1C(O)CC1O. The number of unbranched alkanes of at least 4 members (excludes halogenated alkanes) is 1. The Bertz CT molecular complexity index is 95.4. The van der Waals surface area contributed by atoms with Crippen LogP contribution < -0.4 is 0 Å². The first kappa shape index (κ1) is 8.02. The van der Waals surface area contributed by atoms with Crippen molar-refractivity contribution in [3.05, 3.63) is 0 Å². The normalized spacial score (nSPS) is 39.3. The van der Waals surface area contributed by atoms with Crippen LogP contribution in [0, 0.1) is 5.92 Å². The lowest BCUT2D eigenvalue weighted by Crippen LogP contribution is -2.45. The van der Waals surface area contributed by atoms with Crippen LogP contribution in [0.25, 0.3) is 0 Å². The summed E-state index contributed by atoms with van der Waals surface area (Å²) in [6.07, 6.45) is 3.41. The quantitative estimate of drug-likeness (QED) is 0.618. The summed E-state index contributed by atoms with van der Waals surface area (Å²) in [4.78, 5) is 0. The number of hydrogen-bond donors (Lipinski definition) is 2. The molecule has 0 aromatic heterocycles. The minimum absolute atomic E-state index is 0.181. The number of rotatable bonds is 3. The highest BCUT2D eigenvalue weighted by Gasteiger charge is 2.37. The Balaban J connectivity index is 2.14. The van der Waals surface area contributed by atoms with E-state index in [1.807, 2.05) is 0 Å². The van der Waals surface area contributed by atoms with Crippen LogP contribution in [-0.2, 0) is 0 Å². The van der Waals surface area contributed by atoms with Gasteiger partial charge in [0.15, 0.2) is 0 Å². The fourth-order valence-corrected chi connectivity index (χ4v) is 1.48. The molecule has 1 saturated carbocycles. The van der Waals surface area contributed by atoms with Gasteiger partial charge in [-0.05, 0) is 12.8 Å². The molecule has 0 saturated heterocycles. The van der Waals surface area contributed by atoms with Gasteiger partial charge in [-0.1, -0.05) is 19.8 Å². The van der Waals surface area contributed by atoms with E-state index in [0.717, 1.165) is 19.3 Å². The molecule has 2 unspecified atom stereocenters. The van der Waals surface area contributed by atoms with Crippen molar-refractivity contribution >= 4 is 0 Å². The van der Waals surface area contributed by atoms with Gasteiger partial charge in [0.25, 0.3) is 0 Å². The molecule has 60 valence electrons. The van der Waals surface area contributed by atoms with E-state index in [2.05, 4.69) is 6.92 Å². The minimum atomic E-state index is -0.221. The molecule has 0 radical (unpaired) electrons. The van der Waals surface area contributed by atoms with Crippen molar-refractivity contribution in [2.45, 2.75) is 44.8 Å². The molecule has 1 aliphatic carbocycles. The van der Waals surface area contributed by atoms with Gasteiger partial charge in [-0.2, -0.15) is 0 Å². The fraction of sp³-hybridized carbons (Fsp3) is 1.00. The maximum atomic E-state index is 9.14. The van der Waals surface area contributed by atoms with E-state index >= 15 is 0 Å². The van der Waals surface area contributed by atoms with Crippen LogP contribution in [0.5, 0.6) is 0 Å². The number of hydrogen-bond acceptors (Lipinski definition) is 2. The van der Waals surface area contributed by atoms with Crippen molar-refractivity contribution < 1.29 is 10.2 Å². The lowest BCUT2D eigenvalue weighted by atomic mass is 9.76. The molecule has 1 aliphatic rings. The third-order valence-electron chi connectivity index (χ3n) is 2.36. The van der Waals surface area contributed by atoms with Gasteiger partial charge in [0.05, 0.1) is 12.2 Å². The maximum absolute atomic E-state index is 9.14. The Morgan fingerprint density at radius 1 is 1.30 bits per heavy atom. The van der Waals surface area contributed by atoms with Crippen molar-refractivity contribution in [2.75, 3.05) is 0 Å². The molecule has 2 atom stereocenters. The van der Waals surface area contributed by atoms with Crippen LogP contribution in [0.2, 0.25) is 0 Å². The molecular formula is C8H16O2. The van der Waals surface area contributed by atoms with E-state index in [-0.39, 0.29) is 18.1 Å². The molecule has 10 heavy (non-hydrogen) atoms. The molecule has 1 rings (SSSR count). The van der Waals surface area contributed by atoms with Gasteiger partial charge >= 0.3 is 0 Å². The van der Waals surface area contributed by atoms with Crippen LogP contribution in [0.3, 0.4) is 0 Å². The highest BCUT2D eigenvalue weighted by molar-refractivity contribution is 4.88. The van der Waals surface area contributed by atoms with Crippen LogP contribution in [0.1, 0.15) is 32.6 Å². The fourth-order valence-electron chi connectivity index (χ4n) is 1.48. The molecule has 2 N–H and O–H groups in total. The summed E-state index contributed by atoms with van der Waals surface area (Å²) in [5.41, 5.74) is 0. The molecule has 1 fully saturated rings. The Morgan fingerprint density at radius 2 is 1.90 bits per heavy atom. The molecule has 2 nitrogen and oxygen atoms in total. The first-order valence-corrected chi connectivity index (χ1v) is 4.11. The summed E-state index contributed by atoms with van der Waals surface area (Å²) in [7, 11) is 0. The Hall–Kier alpha value is -0.0800. The van der Waals surface area contributed by atoms with Gasteiger partial charge in [0, 0.05) is 5.92 Å². The predicted molar refractivity (Wildman–Crippen MR) is 39.6 cm³/mol. The van der Waals surface area contributed by atoms with Gasteiger partial charge in [-0.3, -0.25) is 0 Å². The van der Waals surface area contributed by atoms with Crippen LogP contribution in [0.4, 0.5) is 0 Å². The Morgan fingerprint density at radius 3 is 2.30 bits per heavy atom. The second kappa shape index (κ2) is 3.35. The Labute approximate surface area is 61.9 Å². The monoisotopic (exact) mass is 144 g/mol. The predicted octanol–water partition coefficient (Wildman–Crippen LogP) is 0.918. The van der Waals surface area contributed by atoms with Crippen molar-refractivity contribution in [3.8, 4) is 0 Å². The molecule has 0 aliphatic heterocycles. The van der Waals surface area contributed by atoms with Crippen molar-refractivity contribution in [1.29, 1.82) is 0 Å². The summed E-state index contributed by atoms with van der Waals surface area (Å²) in [5.74, 6) is 0.181. The standard InChI is InChI=1S/C8H16O2/c1-2-3-4-6-7(9)5-8(6)10/h6-10H,2-5H2,1H3. The van der Waals surface area contributed by atoms with Gasteiger partial charge in [0.2, 0.25) is 0 Å². The van der Waals surface area contributed by atoms with E-state index in [9.17, 15) is 0 Å². The average Bonchev–Trinajstić information content (AvgIpc) is 1.89. The van der Waals surface area contributed by atoms with E-state index < -0.39 is 0 Å². The Kier molecular flexibility index (Phi) is 2.69. The second-order valence-electron chi connectivity index (χ2n) is 3.18. The smallest absolute Gasteiger partial charge is 0.0617 e. The highest BCUT2D eigenvalue weighted by atomic mass is 16.3. The van der Waals surface area contributed by atoms with Crippen molar-refractivity contribution in [1.82, 2.24) is 0 Å². The summed E-state index contributed by atoms with van der Waals surface area (Å²) in [6, 6.07) is 0. The zero-order valence-corrected chi connectivity index (χ0v) is 6.45. The molecular weight excluding hydrogens is 128 g/mol. The van der Waals surface area contributed by atoms with E-state index in [1.165, 1.54) is 0 Å². The largest absolute Gasteiger partial charge is 0.393 e. The van der Waals surface area contributed by atoms with E-state index in [1.54, 1.807) is 0 Å². The van der Waals surface area contributed by atoms with Crippen LogP contribution in [0.15, 0.2) is 0 Å². The third kappa shape index (κ3) is 1.50. The van der Waals surface area contributed by atoms with E-state index in [4.69, 9.17) is 10.2 Å². The topological polar surface area (TPSA) is 40.5 Å². The molecule has 0 spiro atoms. The van der Waals surface area contributed by atoms with Crippen LogP contribution in [-0.4, -0.2) is 22.4 Å². The molecule has 0 aromatic rings. The highest BCUT2D eigenvalue weighted by Crippen LogP contribution is 2.31. The zero-order chi connectivity index (χ0) is 7.56. The lowest BCUT2D eigenvalue weighted by molar-refractivity contribution is -0.0947. The van der Waals surface area contributed by atoms with Gasteiger partial charge in [-0.15, -0.1) is 0 Å². The van der Waals surface area contributed by atoms with E-state index in [0.29, 0.717) is 6.42 Å². The third-order valence-corrected chi connectivity index (χ3v) is 2.36. The first-order valence-electron chi connectivity index (χ1n) is 4.11. The molecule has 0 amide bonds. The molecule has 0 aromatic carbocycles. The summed E-state index contributed by atoms with van der Waals surface area (Å²) in [5, 5.41) is 18.3. The van der Waals surface area contributed by atoms with Gasteiger partial charge in [0.1, 0.15) is 0 Å². The molecule has 2 heteroatoms. The second-order valence-corrected chi connectivity index (χ2v) is 3.18. The molecule has 0 bridgehead atoms. The summed E-state index contributed by atoms with van der Waals surface area (Å²) >= 11 is 0. The molecule has 0 heterocycles. The van der Waals surface area contributed by atoms with Gasteiger partial charge in [-0.25, -0.2) is 0 Å². The summed E-state index contributed by atoms with van der Waals surface area (Å²) in [6.45, 7) is 2.12. The van der Waals surface area contributed by atoms with Crippen molar-refractivity contribution in [3.63, 3.8) is 0 Å². The zero-order valence-electron chi connectivity index (χ0n) is 6.45. The maximum Gasteiger partial charge on any atom is 0.0617 e. The number of aliphatic hydroxyl groups is 2. The first-order chi connectivity index (χ1) is 4.75. The van der Waals surface area contributed by atoms with Crippen molar-refractivity contribution in [2.24, 2.45) is 5.92 Å². The number of aliphatic hydroxyl groups excluding tert-OH is 2. The lowest BCUT2D eigenvalue weighted by Gasteiger charge is -2.38. The average molecular weight is 144 g/mol. The minimum Gasteiger partial charge on any atom is -0.393 e.